The Balaban J connectivity index is 0.000000143. The molecular weight excluding hydrogens is 1350 g/mol. The van der Waals surface area contributed by atoms with Crippen LogP contribution >= 0.6 is 22.6 Å². The quantitative estimate of drug-likeness (QED) is 0.128. The van der Waals surface area contributed by atoms with Crippen molar-refractivity contribution in [3.8, 4) is 46.1 Å². The van der Waals surface area contributed by atoms with E-state index < -0.39 is 17.7 Å². The number of ether oxygens (including phenoxy) is 3. The highest BCUT2D eigenvalue weighted by atomic mass is 127. The van der Waals surface area contributed by atoms with Crippen molar-refractivity contribution in [1.29, 1.82) is 0 Å². The number of nitrogens with zero attached hydrogens (tertiary/aromatic N) is 14. The summed E-state index contributed by atoms with van der Waals surface area (Å²) >= 11 is 2.25. The van der Waals surface area contributed by atoms with E-state index in [0.717, 1.165) is 181 Å². The Kier molecular flexibility index (Phi) is 24.8. The van der Waals surface area contributed by atoms with Gasteiger partial charge in [-0.1, -0.05) is 30.3 Å². The number of rotatable bonds is 9. The van der Waals surface area contributed by atoms with Gasteiger partial charge in [0.05, 0.1) is 33.9 Å². The van der Waals surface area contributed by atoms with Gasteiger partial charge in [0.15, 0.2) is 17.5 Å². The first-order chi connectivity index (χ1) is 46.9. The van der Waals surface area contributed by atoms with E-state index in [0.29, 0.717) is 18.9 Å². The van der Waals surface area contributed by atoms with Gasteiger partial charge in [-0.15, -0.1) is 0 Å². The number of aromatic nitrogens is 9. The molecule has 3 fully saturated rings. The summed E-state index contributed by atoms with van der Waals surface area (Å²) in [6.45, 7) is 17.1. The SMILES string of the molecule is CC(C)(C)OC(=O)N1CCCN(c2nc(-c3ccccn3)nc3c2CCC3)CC1.COc1cccc(I)c1.COc1cccc(N2CCCN(c3nc(-c4ccccn4)nc4c3CCC4)CC2)c1.O=C(O)C(F)(F)F.c1ccc(-c2nc3c(c(N4CCC[NH2+]CC4)n2)CCC3)nc1. The van der Waals surface area contributed by atoms with Crippen LogP contribution in [0.3, 0.4) is 0 Å². The molecule has 6 aliphatic rings. The zero-order chi connectivity index (χ0) is 68.3. The van der Waals surface area contributed by atoms with Crippen LogP contribution in [0.1, 0.15) is 93.1 Å². The van der Waals surface area contributed by atoms with E-state index in [1.54, 1.807) is 20.4 Å². The van der Waals surface area contributed by atoms with Crippen molar-refractivity contribution < 1.29 is 47.4 Å². The molecule has 3 N–H and O–H groups in total. The number of hydrogen-bond acceptors (Lipinski definition) is 18. The predicted octanol–water partition coefficient (Wildman–Crippen LogP) is 11.0. The van der Waals surface area contributed by atoms with Gasteiger partial charge in [0.2, 0.25) is 0 Å². The second kappa shape index (κ2) is 33.9. The molecule has 9 heterocycles. The second-order valence-electron chi connectivity index (χ2n) is 25.1. The fraction of sp³-hybridized carbons (Fsp3) is 0.431. The van der Waals surface area contributed by atoms with E-state index in [1.165, 1.54) is 62.5 Å². The van der Waals surface area contributed by atoms with Crippen molar-refractivity contribution in [3.63, 3.8) is 0 Å². The number of amides is 1. The van der Waals surface area contributed by atoms with Gasteiger partial charge < -0.3 is 49.1 Å². The van der Waals surface area contributed by atoms with Crippen LogP contribution in [0.25, 0.3) is 34.6 Å². The first-order valence-corrected chi connectivity index (χ1v) is 34.5. The van der Waals surface area contributed by atoms with E-state index in [-0.39, 0.29) is 6.09 Å². The number of pyridine rings is 3. The van der Waals surface area contributed by atoms with E-state index >= 15 is 0 Å². The number of nitrogens with two attached hydrogens (primary N) is 1. The molecule has 0 atom stereocenters. The van der Waals surface area contributed by atoms with Gasteiger partial charge in [0.25, 0.3) is 0 Å². The van der Waals surface area contributed by atoms with Crippen LogP contribution in [0.4, 0.5) is 41.1 Å². The predicted molar refractivity (Wildman–Crippen MR) is 376 cm³/mol. The molecule has 3 aliphatic heterocycles. The number of carbonyl (C=O) groups excluding carboxylic acids is 1. The molecule has 0 bridgehead atoms. The van der Waals surface area contributed by atoms with Gasteiger partial charge in [0.1, 0.15) is 51.6 Å². The topological polar surface area (TPSA) is 231 Å². The Hall–Kier alpha value is -8.85. The van der Waals surface area contributed by atoms with Gasteiger partial charge in [-0.3, -0.25) is 15.0 Å². The molecule has 21 nitrogen and oxygen atoms in total. The van der Waals surface area contributed by atoms with Crippen molar-refractivity contribution in [2.75, 3.05) is 112 Å². The lowest BCUT2D eigenvalue weighted by atomic mass is 10.2. The van der Waals surface area contributed by atoms with Crippen LogP contribution in [0.2, 0.25) is 0 Å². The van der Waals surface area contributed by atoms with Gasteiger partial charge >= 0.3 is 18.2 Å². The van der Waals surface area contributed by atoms with Gasteiger partial charge in [-0.05, 0) is 181 Å². The number of carboxylic acid groups (broad SMARTS) is 1. The van der Waals surface area contributed by atoms with Crippen LogP contribution in [0.15, 0.2) is 122 Å². The number of aryl methyl sites for hydroxylation is 3. The summed E-state index contributed by atoms with van der Waals surface area (Å²) in [5.41, 5.74) is 10.8. The summed E-state index contributed by atoms with van der Waals surface area (Å²) in [5, 5.41) is 9.53. The molecule has 14 rings (SSSR count). The number of carboxylic acids is 1. The number of quaternary nitrogens is 1. The van der Waals surface area contributed by atoms with Crippen molar-refractivity contribution in [2.45, 2.75) is 110 Å². The lowest BCUT2D eigenvalue weighted by molar-refractivity contribution is -0.650. The van der Waals surface area contributed by atoms with Gasteiger partial charge in [-0.25, -0.2) is 39.5 Å². The zero-order valence-corrected chi connectivity index (χ0v) is 58.0. The normalized spacial score (nSPS) is 15.9. The standard InChI is InChI=1S/C24H27N5O.C22H29N5O2.C17H21N5.C7H7IO.C2HF3O2/c1-30-19-8-4-7-18(17-19)28-13-6-14-29(16-15-28)24-20-9-5-11-21(20)26-23(27-24)22-10-2-3-12-25-22;1-22(2,3)29-21(28)27-13-7-12-26(14-15-27)20-16-8-6-10-17(16)24-19(25-20)18-9-4-5-11-23-18;1-2-9-19-15(6-1)16-20-14-7-3-5-13(14)17(21-16)22-11-4-8-18-10-12-22;1-9-7-4-2-3-6(8)5-7;3-2(4,5)1(6)7/h2-4,7-8,10,12,17H,5-6,9,11,13-16H2,1H3;4-5,9,11H,6-8,10,12-15H2,1-3H3;1-2,6,9,18H,3-5,7-8,10-12H2;2-5H,1H3;(H,6,7)/p+1. The molecule has 0 saturated carbocycles. The Morgan fingerprint density at radius 2 is 0.918 bits per heavy atom. The first-order valence-electron chi connectivity index (χ1n) is 33.4. The Morgan fingerprint density at radius 3 is 1.36 bits per heavy atom. The molecule has 25 heteroatoms. The van der Waals surface area contributed by atoms with Crippen LogP contribution in [0, 0.1) is 3.57 Å². The molecule has 3 saturated heterocycles. The largest absolute Gasteiger partial charge is 0.497 e. The van der Waals surface area contributed by atoms with E-state index in [4.69, 9.17) is 54.0 Å². The van der Waals surface area contributed by atoms with Crippen molar-refractivity contribution in [1.82, 2.24) is 49.8 Å². The highest BCUT2D eigenvalue weighted by Crippen LogP contribution is 2.35. The molecule has 0 radical (unpaired) electrons. The summed E-state index contributed by atoms with van der Waals surface area (Å²) in [4.78, 5) is 75.5. The molecule has 0 unspecified atom stereocenters. The third kappa shape index (κ3) is 19.7. The highest BCUT2D eigenvalue weighted by Gasteiger charge is 2.38. The maximum Gasteiger partial charge on any atom is 0.490 e. The maximum atomic E-state index is 12.5. The fourth-order valence-electron chi connectivity index (χ4n) is 12.4. The zero-order valence-electron chi connectivity index (χ0n) is 55.9. The van der Waals surface area contributed by atoms with Crippen LogP contribution in [-0.4, -0.2) is 171 Å². The molecule has 3 aliphatic carbocycles. The Bertz CT molecular complexity index is 3890. The molecule has 2 aromatic carbocycles. The highest BCUT2D eigenvalue weighted by molar-refractivity contribution is 14.1. The van der Waals surface area contributed by atoms with Gasteiger partial charge in [0, 0.05) is 133 Å². The summed E-state index contributed by atoms with van der Waals surface area (Å²) in [7, 11) is 3.39. The number of halogens is 4. The average molecular weight is 1440 g/mol. The summed E-state index contributed by atoms with van der Waals surface area (Å²) in [5.74, 6) is 4.58. The fourth-order valence-corrected chi connectivity index (χ4v) is 12.9. The number of fused-ring (bicyclic) bond motifs is 3. The number of aliphatic carboxylic acids is 1. The Morgan fingerprint density at radius 1 is 0.485 bits per heavy atom. The number of anilines is 4. The minimum absolute atomic E-state index is 0.235. The molecule has 8 aromatic rings. The summed E-state index contributed by atoms with van der Waals surface area (Å²) in [6, 6.07) is 33.9. The van der Waals surface area contributed by atoms with E-state index in [2.05, 4.69) is 80.7 Å². The summed E-state index contributed by atoms with van der Waals surface area (Å²) in [6.07, 6.45) is 13.0. The van der Waals surface area contributed by atoms with Gasteiger partial charge in [-0.2, -0.15) is 13.2 Å². The van der Waals surface area contributed by atoms with Crippen molar-refractivity contribution in [3.05, 3.63) is 159 Å². The summed E-state index contributed by atoms with van der Waals surface area (Å²) < 4.78 is 48.9. The minimum Gasteiger partial charge on any atom is -0.497 e. The molecule has 97 heavy (non-hydrogen) atoms. The monoisotopic (exact) mass is 1440 g/mol. The van der Waals surface area contributed by atoms with Crippen LogP contribution in [0.5, 0.6) is 11.5 Å². The number of carbonyl (C=O) groups is 2. The molecular formula is C72H86F3IN15O6+. The lowest BCUT2D eigenvalue weighted by Gasteiger charge is -2.27. The molecule has 1 amide bonds. The third-order valence-corrected chi connectivity index (χ3v) is 17.8. The first kappa shape index (κ1) is 70.9. The minimum atomic E-state index is -5.08. The average Bonchev–Trinajstić information content (AvgIpc) is 1.75. The second-order valence-corrected chi connectivity index (χ2v) is 26.3. The van der Waals surface area contributed by atoms with Crippen molar-refractivity contribution in [2.24, 2.45) is 0 Å². The molecule has 6 aromatic heterocycles. The van der Waals surface area contributed by atoms with Crippen LogP contribution < -0.4 is 34.4 Å². The number of alkyl halides is 3. The number of hydrogen-bond donors (Lipinski definition) is 2. The number of methoxy groups -OCH3 is 2. The molecule has 512 valence electrons. The molecule has 0 spiro atoms. The Labute approximate surface area is 578 Å². The number of benzene rings is 2. The van der Waals surface area contributed by atoms with Crippen LogP contribution in [-0.2, 0) is 48.1 Å². The smallest absolute Gasteiger partial charge is 0.490 e. The van der Waals surface area contributed by atoms with E-state index in [1.807, 2.05) is 123 Å². The third-order valence-electron chi connectivity index (χ3n) is 17.1. The lowest BCUT2D eigenvalue weighted by Crippen LogP contribution is -2.84. The maximum absolute atomic E-state index is 12.5. The van der Waals surface area contributed by atoms with E-state index in [9.17, 15) is 18.0 Å². The van der Waals surface area contributed by atoms with Crippen molar-refractivity contribution >= 4 is 57.8 Å².